The minimum atomic E-state index is -0.383. The number of aromatic nitrogens is 1. The molecule has 0 saturated carbocycles. The van der Waals surface area contributed by atoms with Crippen molar-refractivity contribution >= 4 is 11.8 Å². The van der Waals surface area contributed by atoms with Crippen molar-refractivity contribution in [3.8, 4) is 0 Å². The zero-order valence-corrected chi connectivity index (χ0v) is 15.7. The molecular formula is C22H24FN3O2. The lowest BCUT2D eigenvalue weighted by Gasteiger charge is -2.13. The van der Waals surface area contributed by atoms with Crippen molar-refractivity contribution in [3.05, 3.63) is 76.9 Å². The van der Waals surface area contributed by atoms with Gasteiger partial charge in [0.25, 0.3) is 11.8 Å². The van der Waals surface area contributed by atoms with E-state index >= 15 is 0 Å². The fourth-order valence-corrected chi connectivity index (χ4v) is 3.14. The van der Waals surface area contributed by atoms with Gasteiger partial charge in [0.2, 0.25) is 0 Å². The number of hydrogen-bond donors (Lipinski definition) is 2. The van der Waals surface area contributed by atoms with Gasteiger partial charge in [0.1, 0.15) is 11.5 Å². The van der Waals surface area contributed by atoms with Gasteiger partial charge in [0.05, 0.1) is 0 Å². The second kappa shape index (κ2) is 9.78. The Bertz CT molecular complexity index is 862. The van der Waals surface area contributed by atoms with E-state index in [2.05, 4.69) is 21.7 Å². The standard InChI is InChI=1S/C22H24FN3O2/c23-19-8-6-17(7-9-19)15-26-22(28)20-14-18(11-13-24-20)21(27)25-12-10-16-4-2-1-3-5-16/h4,6-9,11,13-14H,1-3,5,10,12,15H2,(H,25,27)(H,26,28). The molecule has 1 aromatic heterocycles. The van der Waals surface area contributed by atoms with E-state index in [-0.39, 0.29) is 29.9 Å². The maximum absolute atomic E-state index is 12.9. The molecule has 2 amide bonds. The van der Waals surface area contributed by atoms with Gasteiger partial charge in [-0.2, -0.15) is 0 Å². The molecule has 28 heavy (non-hydrogen) atoms. The Morgan fingerprint density at radius 3 is 2.61 bits per heavy atom. The minimum absolute atomic E-state index is 0.171. The molecule has 0 radical (unpaired) electrons. The van der Waals surface area contributed by atoms with Crippen LogP contribution in [0.5, 0.6) is 0 Å². The van der Waals surface area contributed by atoms with Crippen LogP contribution in [-0.2, 0) is 6.54 Å². The fraction of sp³-hybridized carbons (Fsp3) is 0.318. The van der Waals surface area contributed by atoms with E-state index in [9.17, 15) is 14.0 Å². The number of benzene rings is 1. The highest BCUT2D eigenvalue weighted by Gasteiger charge is 2.12. The lowest BCUT2D eigenvalue weighted by Crippen LogP contribution is -2.27. The predicted molar refractivity (Wildman–Crippen MR) is 105 cm³/mol. The summed E-state index contributed by atoms with van der Waals surface area (Å²) in [5, 5.41) is 5.62. The van der Waals surface area contributed by atoms with Crippen LogP contribution < -0.4 is 10.6 Å². The third-order valence-electron chi connectivity index (χ3n) is 4.74. The molecule has 0 saturated heterocycles. The number of carbonyl (C=O) groups excluding carboxylic acids is 2. The number of carbonyl (C=O) groups is 2. The van der Waals surface area contributed by atoms with E-state index in [1.807, 2.05) is 0 Å². The normalized spacial score (nSPS) is 13.5. The zero-order valence-electron chi connectivity index (χ0n) is 15.7. The largest absolute Gasteiger partial charge is 0.352 e. The summed E-state index contributed by atoms with van der Waals surface area (Å²) in [6.07, 6.45) is 9.30. The zero-order chi connectivity index (χ0) is 19.8. The second-order valence-electron chi connectivity index (χ2n) is 6.85. The summed E-state index contributed by atoms with van der Waals surface area (Å²) >= 11 is 0. The highest BCUT2D eigenvalue weighted by atomic mass is 19.1. The molecule has 5 nitrogen and oxygen atoms in total. The first-order valence-electron chi connectivity index (χ1n) is 9.56. The van der Waals surface area contributed by atoms with Crippen LogP contribution in [0.1, 0.15) is 58.5 Å². The highest BCUT2D eigenvalue weighted by Crippen LogP contribution is 2.19. The monoisotopic (exact) mass is 381 g/mol. The Labute approximate surface area is 164 Å². The molecular weight excluding hydrogens is 357 g/mol. The number of rotatable bonds is 7. The van der Waals surface area contributed by atoms with Crippen LogP contribution in [0, 0.1) is 5.82 Å². The quantitative estimate of drug-likeness (QED) is 0.717. The molecule has 1 heterocycles. The summed E-state index contributed by atoms with van der Waals surface area (Å²) in [7, 11) is 0. The Kier molecular flexibility index (Phi) is 6.89. The van der Waals surface area contributed by atoms with E-state index in [0.717, 1.165) is 24.8 Å². The number of nitrogens with one attached hydrogen (secondary N) is 2. The molecule has 6 heteroatoms. The van der Waals surface area contributed by atoms with Gasteiger partial charge < -0.3 is 10.6 Å². The molecule has 0 spiro atoms. The Hall–Kier alpha value is -3.02. The maximum Gasteiger partial charge on any atom is 0.270 e. The van der Waals surface area contributed by atoms with Gasteiger partial charge in [-0.25, -0.2) is 4.39 Å². The Morgan fingerprint density at radius 1 is 1.04 bits per heavy atom. The Morgan fingerprint density at radius 2 is 1.86 bits per heavy atom. The number of amides is 2. The van der Waals surface area contributed by atoms with E-state index in [1.165, 1.54) is 42.8 Å². The third-order valence-corrected chi connectivity index (χ3v) is 4.74. The van der Waals surface area contributed by atoms with Crippen LogP contribution in [0.15, 0.2) is 54.2 Å². The summed E-state index contributed by atoms with van der Waals surface area (Å²) in [6, 6.07) is 8.96. The van der Waals surface area contributed by atoms with E-state index in [4.69, 9.17) is 0 Å². The van der Waals surface area contributed by atoms with Crippen molar-refractivity contribution in [2.75, 3.05) is 6.54 Å². The first-order chi connectivity index (χ1) is 13.6. The summed E-state index contributed by atoms with van der Waals surface area (Å²) in [6.45, 7) is 0.839. The predicted octanol–water partition coefficient (Wildman–Crippen LogP) is 3.77. The van der Waals surface area contributed by atoms with Crippen LogP contribution >= 0.6 is 0 Å². The van der Waals surface area contributed by atoms with E-state index in [0.29, 0.717) is 12.1 Å². The molecule has 0 aliphatic heterocycles. The van der Waals surface area contributed by atoms with Crippen molar-refractivity contribution in [2.24, 2.45) is 0 Å². The van der Waals surface area contributed by atoms with Crippen molar-refractivity contribution in [1.82, 2.24) is 15.6 Å². The molecule has 0 fully saturated rings. The molecule has 146 valence electrons. The summed E-state index contributed by atoms with van der Waals surface area (Å²) in [5.41, 5.74) is 2.76. The van der Waals surface area contributed by atoms with Crippen molar-refractivity contribution in [1.29, 1.82) is 0 Å². The van der Waals surface area contributed by atoms with Crippen LogP contribution in [0.25, 0.3) is 0 Å². The lowest BCUT2D eigenvalue weighted by molar-refractivity contribution is 0.0946. The van der Waals surface area contributed by atoms with Gasteiger partial charge in [-0.05, 0) is 61.9 Å². The van der Waals surface area contributed by atoms with Crippen molar-refractivity contribution in [3.63, 3.8) is 0 Å². The van der Waals surface area contributed by atoms with Crippen molar-refractivity contribution in [2.45, 2.75) is 38.6 Å². The molecule has 3 rings (SSSR count). The molecule has 2 N–H and O–H groups in total. The van der Waals surface area contributed by atoms with Crippen LogP contribution in [0.3, 0.4) is 0 Å². The maximum atomic E-state index is 12.9. The second-order valence-corrected chi connectivity index (χ2v) is 6.85. The van der Waals surface area contributed by atoms with Gasteiger partial charge in [-0.1, -0.05) is 23.8 Å². The smallest absolute Gasteiger partial charge is 0.270 e. The van der Waals surface area contributed by atoms with E-state index in [1.54, 1.807) is 18.2 Å². The van der Waals surface area contributed by atoms with Gasteiger partial charge >= 0.3 is 0 Å². The van der Waals surface area contributed by atoms with Crippen molar-refractivity contribution < 1.29 is 14.0 Å². The number of nitrogens with zero attached hydrogens (tertiary/aromatic N) is 1. The number of allylic oxidation sites excluding steroid dienone is 1. The number of halogens is 1. The molecule has 1 aliphatic rings. The minimum Gasteiger partial charge on any atom is -0.352 e. The molecule has 0 bridgehead atoms. The number of hydrogen-bond acceptors (Lipinski definition) is 3. The third kappa shape index (κ3) is 5.74. The molecule has 2 aromatic rings. The van der Waals surface area contributed by atoms with E-state index < -0.39 is 0 Å². The summed E-state index contributed by atoms with van der Waals surface area (Å²) in [4.78, 5) is 28.7. The molecule has 1 aromatic carbocycles. The van der Waals surface area contributed by atoms with Gasteiger partial charge in [-0.15, -0.1) is 0 Å². The lowest BCUT2D eigenvalue weighted by atomic mass is 9.97. The molecule has 0 atom stereocenters. The van der Waals surface area contributed by atoms with Gasteiger partial charge in [0, 0.05) is 24.8 Å². The van der Waals surface area contributed by atoms with Gasteiger partial charge in [-0.3, -0.25) is 14.6 Å². The SMILES string of the molecule is O=C(NCCC1=CCCCC1)c1ccnc(C(=O)NCc2ccc(F)cc2)c1. The number of pyridine rings is 1. The van der Waals surface area contributed by atoms with Crippen LogP contribution in [-0.4, -0.2) is 23.3 Å². The average molecular weight is 381 g/mol. The topological polar surface area (TPSA) is 71.1 Å². The average Bonchev–Trinajstić information content (AvgIpc) is 2.74. The summed E-state index contributed by atoms with van der Waals surface area (Å²) < 4.78 is 12.9. The fourth-order valence-electron chi connectivity index (χ4n) is 3.14. The van der Waals surface area contributed by atoms with Gasteiger partial charge in [0.15, 0.2) is 0 Å². The first kappa shape index (κ1) is 19.7. The summed E-state index contributed by atoms with van der Waals surface area (Å²) in [5.74, 6) is -0.923. The molecule has 1 aliphatic carbocycles. The Balaban J connectivity index is 1.51. The molecule has 0 unspecified atom stereocenters. The first-order valence-corrected chi connectivity index (χ1v) is 9.56. The highest BCUT2D eigenvalue weighted by molar-refractivity contribution is 5.98. The van der Waals surface area contributed by atoms with Crippen LogP contribution in [0.2, 0.25) is 0 Å². The van der Waals surface area contributed by atoms with Crippen LogP contribution in [0.4, 0.5) is 4.39 Å².